The molecule has 2 heterocycles. The van der Waals surface area contributed by atoms with Crippen LogP contribution in [-0.4, -0.2) is 35.9 Å². The molecule has 144 valence electrons. The number of amides is 2. The number of thiophene rings is 1. The second-order valence-electron chi connectivity index (χ2n) is 6.19. The summed E-state index contributed by atoms with van der Waals surface area (Å²) in [6, 6.07) is 9.31. The van der Waals surface area contributed by atoms with Crippen LogP contribution in [0.4, 0.5) is 8.78 Å². The van der Waals surface area contributed by atoms with Gasteiger partial charge in [0.25, 0.3) is 5.91 Å². The van der Waals surface area contributed by atoms with E-state index in [0.717, 1.165) is 12.8 Å². The third kappa shape index (κ3) is 4.82. The molecule has 2 aromatic rings. The van der Waals surface area contributed by atoms with Gasteiger partial charge in [0.1, 0.15) is 11.8 Å². The Morgan fingerprint density at radius 2 is 2.04 bits per heavy atom. The third-order valence-electron chi connectivity index (χ3n) is 4.44. The maximum Gasteiger partial charge on any atom is 0.387 e. The fourth-order valence-electron chi connectivity index (χ4n) is 3.15. The number of rotatable bonds is 6. The maximum absolute atomic E-state index is 12.7. The number of nitrogens with one attached hydrogen (secondary N) is 1. The summed E-state index contributed by atoms with van der Waals surface area (Å²) in [5, 5.41) is 4.58. The summed E-state index contributed by atoms with van der Waals surface area (Å²) >= 11 is 1.35. The van der Waals surface area contributed by atoms with E-state index >= 15 is 0 Å². The molecule has 0 aliphatic carbocycles. The average Bonchev–Trinajstić information content (AvgIpc) is 3.21. The van der Waals surface area contributed by atoms with E-state index in [4.69, 9.17) is 0 Å². The Morgan fingerprint density at radius 1 is 1.22 bits per heavy atom. The van der Waals surface area contributed by atoms with Crippen molar-refractivity contribution in [3.8, 4) is 5.75 Å². The van der Waals surface area contributed by atoms with Crippen LogP contribution in [-0.2, 0) is 11.3 Å². The molecule has 0 saturated carbocycles. The van der Waals surface area contributed by atoms with Crippen molar-refractivity contribution in [2.24, 2.45) is 0 Å². The van der Waals surface area contributed by atoms with E-state index in [1.54, 1.807) is 35.2 Å². The van der Waals surface area contributed by atoms with Crippen LogP contribution in [0.1, 0.15) is 34.5 Å². The number of para-hydroxylation sites is 1. The minimum Gasteiger partial charge on any atom is -0.434 e. The van der Waals surface area contributed by atoms with Gasteiger partial charge in [0.15, 0.2) is 0 Å². The Morgan fingerprint density at radius 3 is 2.78 bits per heavy atom. The van der Waals surface area contributed by atoms with E-state index in [2.05, 4.69) is 10.1 Å². The van der Waals surface area contributed by atoms with Gasteiger partial charge in [0, 0.05) is 18.7 Å². The van der Waals surface area contributed by atoms with Crippen LogP contribution in [0, 0.1) is 0 Å². The summed E-state index contributed by atoms with van der Waals surface area (Å²) in [5.41, 5.74) is 0.457. The van der Waals surface area contributed by atoms with Crippen LogP contribution in [0.3, 0.4) is 0 Å². The highest BCUT2D eigenvalue weighted by Gasteiger charge is 2.32. The lowest BCUT2D eigenvalue weighted by Crippen LogP contribution is -2.51. The van der Waals surface area contributed by atoms with Crippen molar-refractivity contribution in [3.05, 3.63) is 52.2 Å². The summed E-state index contributed by atoms with van der Waals surface area (Å²) in [6.07, 6.45) is 2.29. The lowest BCUT2D eigenvalue weighted by Gasteiger charge is -2.34. The number of likely N-dealkylation sites (tertiary alicyclic amines) is 1. The molecule has 1 atom stereocenters. The molecule has 1 aliphatic rings. The van der Waals surface area contributed by atoms with E-state index in [1.807, 2.05) is 5.38 Å². The Bertz CT molecular complexity index is 783. The molecule has 1 aromatic carbocycles. The topological polar surface area (TPSA) is 58.6 Å². The number of nitrogens with zero attached hydrogens (tertiary/aromatic N) is 1. The lowest BCUT2D eigenvalue weighted by atomic mass is 10.0. The van der Waals surface area contributed by atoms with Crippen molar-refractivity contribution in [3.63, 3.8) is 0 Å². The fraction of sp³-hybridized carbons (Fsp3) is 0.368. The molecule has 3 rings (SSSR count). The molecular formula is C19H20F2N2O3S. The molecule has 2 amide bonds. The Kier molecular flexibility index (Phi) is 6.39. The minimum absolute atomic E-state index is 0.0305. The van der Waals surface area contributed by atoms with Crippen molar-refractivity contribution in [2.75, 3.05) is 6.54 Å². The molecule has 1 aliphatic heterocycles. The molecule has 0 unspecified atom stereocenters. The van der Waals surface area contributed by atoms with Gasteiger partial charge in [-0.2, -0.15) is 8.78 Å². The van der Waals surface area contributed by atoms with Gasteiger partial charge in [-0.1, -0.05) is 24.3 Å². The first-order valence-electron chi connectivity index (χ1n) is 8.71. The molecule has 8 heteroatoms. The standard InChI is InChI=1S/C19H20F2N2O3S/c20-19(21)26-15-8-2-1-6-13(15)12-22-17(24)14-7-3-4-10-23(14)18(25)16-9-5-11-27-16/h1-2,5-6,8-9,11,14,19H,3-4,7,10,12H2,(H,22,24)/t14-/m0/s1. The number of alkyl halides is 2. The predicted octanol–water partition coefficient (Wildman–Crippen LogP) is 3.66. The smallest absolute Gasteiger partial charge is 0.387 e. The summed E-state index contributed by atoms with van der Waals surface area (Å²) in [5.74, 6) is -0.402. The number of benzene rings is 1. The van der Waals surface area contributed by atoms with E-state index in [9.17, 15) is 18.4 Å². The van der Waals surface area contributed by atoms with Crippen LogP contribution >= 0.6 is 11.3 Å². The van der Waals surface area contributed by atoms with Crippen molar-refractivity contribution in [2.45, 2.75) is 38.5 Å². The predicted molar refractivity (Wildman–Crippen MR) is 97.9 cm³/mol. The zero-order valence-electron chi connectivity index (χ0n) is 14.6. The van der Waals surface area contributed by atoms with Gasteiger partial charge in [0.05, 0.1) is 4.88 Å². The van der Waals surface area contributed by atoms with Gasteiger partial charge in [-0.15, -0.1) is 11.3 Å². The molecule has 0 bridgehead atoms. The normalized spacial score (nSPS) is 17.0. The van der Waals surface area contributed by atoms with Gasteiger partial charge < -0.3 is 15.0 Å². The summed E-state index contributed by atoms with van der Waals surface area (Å²) in [6.45, 7) is -2.35. The number of carbonyl (C=O) groups is 2. The molecule has 0 radical (unpaired) electrons. The Balaban J connectivity index is 1.67. The number of carbonyl (C=O) groups excluding carboxylic acids is 2. The molecule has 27 heavy (non-hydrogen) atoms. The SMILES string of the molecule is O=C(NCc1ccccc1OC(F)F)[C@@H]1CCCCN1C(=O)c1cccs1. The monoisotopic (exact) mass is 394 g/mol. The zero-order chi connectivity index (χ0) is 19.2. The minimum atomic E-state index is -2.93. The Labute approximate surface area is 159 Å². The molecule has 1 saturated heterocycles. The number of hydrogen-bond donors (Lipinski definition) is 1. The quantitative estimate of drug-likeness (QED) is 0.814. The molecular weight excluding hydrogens is 374 g/mol. The number of halogens is 2. The van der Waals surface area contributed by atoms with Crippen molar-refractivity contribution in [1.29, 1.82) is 0 Å². The third-order valence-corrected chi connectivity index (χ3v) is 5.30. The molecule has 1 N–H and O–H groups in total. The lowest BCUT2D eigenvalue weighted by molar-refractivity contribution is -0.126. The van der Waals surface area contributed by atoms with Crippen molar-refractivity contribution in [1.82, 2.24) is 10.2 Å². The van der Waals surface area contributed by atoms with Crippen molar-refractivity contribution < 1.29 is 23.1 Å². The van der Waals surface area contributed by atoms with Gasteiger partial charge >= 0.3 is 6.61 Å². The van der Waals surface area contributed by atoms with Gasteiger partial charge in [-0.05, 0) is 36.8 Å². The Hall–Kier alpha value is -2.48. The number of ether oxygens (including phenoxy) is 1. The largest absolute Gasteiger partial charge is 0.434 e. The highest BCUT2D eigenvalue weighted by atomic mass is 32.1. The van der Waals surface area contributed by atoms with Crippen LogP contribution in [0.15, 0.2) is 41.8 Å². The van der Waals surface area contributed by atoms with Crippen LogP contribution in [0.5, 0.6) is 5.75 Å². The number of piperidine rings is 1. The van der Waals surface area contributed by atoms with E-state index in [0.29, 0.717) is 23.4 Å². The van der Waals surface area contributed by atoms with Crippen LogP contribution < -0.4 is 10.1 Å². The van der Waals surface area contributed by atoms with Gasteiger partial charge in [-0.25, -0.2) is 0 Å². The fourth-order valence-corrected chi connectivity index (χ4v) is 3.83. The first-order valence-corrected chi connectivity index (χ1v) is 9.59. The molecule has 0 spiro atoms. The van der Waals surface area contributed by atoms with E-state index in [1.165, 1.54) is 17.4 Å². The van der Waals surface area contributed by atoms with Gasteiger partial charge in [0.2, 0.25) is 5.91 Å². The van der Waals surface area contributed by atoms with Crippen LogP contribution in [0.2, 0.25) is 0 Å². The van der Waals surface area contributed by atoms with Gasteiger partial charge in [-0.3, -0.25) is 9.59 Å². The first-order chi connectivity index (χ1) is 13.1. The van der Waals surface area contributed by atoms with Crippen molar-refractivity contribution >= 4 is 23.2 Å². The van der Waals surface area contributed by atoms with E-state index in [-0.39, 0.29) is 24.1 Å². The zero-order valence-corrected chi connectivity index (χ0v) is 15.4. The van der Waals surface area contributed by atoms with Crippen LogP contribution in [0.25, 0.3) is 0 Å². The second kappa shape index (κ2) is 8.94. The molecule has 5 nitrogen and oxygen atoms in total. The maximum atomic E-state index is 12.7. The summed E-state index contributed by atoms with van der Waals surface area (Å²) < 4.78 is 29.5. The number of hydrogen-bond acceptors (Lipinski definition) is 4. The molecule has 1 aromatic heterocycles. The first kappa shape index (κ1) is 19.3. The van der Waals surface area contributed by atoms with E-state index < -0.39 is 12.7 Å². The second-order valence-corrected chi connectivity index (χ2v) is 7.14. The molecule has 1 fully saturated rings. The summed E-state index contributed by atoms with van der Waals surface area (Å²) in [4.78, 5) is 27.6. The highest BCUT2D eigenvalue weighted by Crippen LogP contribution is 2.23. The average molecular weight is 394 g/mol. The highest BCUT2D eigenvalue weighted by molar-refractivity contribution is 7.12. The summed E-state index contributed by atoms with van der Waals surface area (Å²) in [7, 11) is 0.